The van der Waals surface area contributed by atoms with Crippen LogP contribution in [0.3, 0.4) is 0 Å². The summed E-state index contributed by atoms with van der Waals surface area (Å²) in [7, 11) is 0. The lowest BCUT2D eigenvalue weighted by molar-refractivity contribution is -0.742. The van der Waals surface area contributed by atoms with Crippen LogP contribution in [0.4, 0.5) is 0 Å². The van der Waals surface area contributed by atoms with Gasteiger partial charge in [0.05, 0.1) is 34.9 Å². The third-order valence-corrected chi connectivity index (χ3v) is 8.04. The van der Waals surface area contributed by atoms with Gasteiger partial charge < -0.3 is 5.73 Å². The molecule has 1 saturated carbocycles. The predicted molar refractivity (Wildman–Crippen MR) is 154 cm³/mol. The zero-order valence-electron chi connectivity index (χ0n) is 21.8. The third-order valence-electron chi connectivity index (χ3n) is 8.04. The number of rotatable bonds is 6. The van der Waals surface area contributed by atoms with Gasteiger partial charge >= 0.3 is 0 Å². The molecule has 1 aliphatic rings. The molecule has 3 heterocycles. The standard InChI is InChI=1S/C34H29N5/c35-34(16-7-17-34)29-14-12-26(13-15-29)33-30(25-10-5-2-6-11-25)18-27-19-31(36-21-32(27)38-33)28-20-37-39(23-28)22-24-8-3-1-4-9-24/h1-6,8-15,18-21,23H,7,16-17,22,35H2/p+2. The second-order valence-corrected chi connectivity index (χ2v) is 10.7. The fourth-order valence-electron chi connectivity index (χ4n) is 5.57. The normalized spacial score (nSPS) is 14.3. The van der Waals surface area contributed by atoms with Gasteiger partial charge in [-0.1, -0.05) is 84.9 Å². The first-order valence-corrected chi connectivity index (χ1v) is 13.6. The van der Waals surface area contributed by atoms with Crippen molar-refractivity contribution in [1.29, 1.82) is 0 Å². The average molecular weight is 510 g/mol. The number of aromatic amines is 1. The number of hydrogen-bond donors (Lipinski definition) is 2. The summed E-state index contributed by atoms with van der Waals surface area (Å²) in [6.07, 6.45) is 9.61. The molecule has 3 aromatic heterocycles. The van der Waals surface area contributed by atoms with Gasteiger partial charge in [0.15, 0.2) is 6.54 Å². The second kappa shape index (κ2) is 9.61. The monoisotopic (exact) mass is 509 g/mol. The van der Waals surface area contributed by atoms with Crippen molar-refractivity contribution in [3.05, 3.63) is 127 Å². The number of hydrogen-bond acceptors (Lipinski definition) is 2. The number of H-pyrrole nitrogens is 1. The fraction of sp³-hybridized carbons (Fsp3) is 0.147. The zero-order valence-corrected chi connectivity index (χ0v) is 21.8. The Kier molecular flexibility index (Phi) is 5.79. The molecule has 0 bridgehead atoms. The highest BCUT2D eigenvalue weighted by Crippen LogP contribution is 2.39. The highest BCUT2D eigenvalue weighted by Gasteiger charge is 2.38. The first-order chi connectivity index (χ1) is 19.1. The molecule has 0 spiro atoms. The summed E-state index contributed by atoms with van der Waals surface area (Å²) in [6, 6.07) is 34.2. The molecule has 0 radical (unpaired) electrons. The van der Waals surface area contributed by atoms with Crippen LogP contribution in [0.25, 0.3) is 44.5 Å². The molecule has 39 heavy (non-hydrogen) atoms. The minimum Gasteiger partial charge on any atom is -0.349 e. The Bertz CT molecular complexity index is 1750. The zero-order chi connectivity index (χ0) is 26.2. The van der Waals surface area contributed by atoms with Crippen molar-refractivity contribution in [1.82, 2.24) is 15.1 Å². The van der Waals surface area contributed by atoms with Crippen LogP contribution in [0.15, 0.2) is 116 Å². The lowest BCUT2D eigenvalue weighted by atomic mass is 9.72. The topological polar surface area (TPSA) is 73.1 Å². The van der Waals surface area contributed by atoms with Gasteiger partial charge in [0.2, 0.25) is 6.20 Å². The Balaban J connectivity index is 1.27. The lowest BCUT2D eigenvalue weighted by Crippen LogP contribution is -2.73. The summed E-state index contributed by atoms with van der Waals surface area (Å²) in [5, 5.41) is 4.42. The van der Waals surface area contributed by atoms with Crippen LogP contribution in [0.5, 0.6) is 0 Å². The molecule has 7 rings (SSSR count). The van der Waals surface area contributed by atoms with E-state index in [1.54, 1.807) is 0 Å². The molecule has 0 saturated heterocycles. The number of benzene rings is 3. The molecule has 0 aliphatic heterocycles. The van der Waals surface area contributed by atoms with Crippen molar-refractivity contribution in [3.8, 4) is 33.6 Å². The number of nitrogens with zero attached hydrogens (tertiary/aromatic N) is 3. The van der Waals surface area contributed by atoms with Crippen molar-refractivity contribution in [2.45, 2.75) is 31.3 Å². The van der Waals surface area contributed by atoms with Crippen molar-refractivity contribution in [2.24, 2.45) is 0 Å². The molecule has 1 aliphatic carbocycles. The van der Waals surface area contributed by atoms with Gasteiger partial charge in [0.25, 0.3) is 0 Å². The van der Waals surface area contributed by atoms with E-state index < -0.39 is 0 Å². The molecular weight excluding hydrogens is 478 g/mol. The van der Waals surface area contributed by atoms with E-state index in [-0.39, 0.29) is 5.54 Å². The molecule has 190 valence electrons. The Hall–Kier alpha value is -4.61. The molecular formula is C34H31N5+2. The molecule has 1 fully saturated rings. The maximum Gasteiger partial charge on any atom is 0.205 e. The van der Waals surface area contributed by atoms with Crippen molar-refractivity contribution < 1.29 is 10.4 Å². The van der Waals surface area contributed by atoms with E-state index in [0.717, 1.165) is 63.9 Å². The van der Waals surface area contributed by atoms with Crippen LogP contribution in [0, 0.1) is 0 Å². The molecule has 0 unspecified atom stereocenters. The minimum absolute atomic E-state index is 0.0788. The summed E-state index contributed by atoms with van der Waals surface area (Å²) >= 11 is 0. The van der Waals surface area contributed by atoms with E-state index in [0.29, 0.717) is 0 Å². The molecule has 3 aromatic carbocycles. The molecule has 0 atom stereocenters. The lowest BCUT2D eigenvalue weighted by Gasteiger charge is -2.34. The third kappa shape index (κ3) is 4.51. The van der Waals surface area contributed by atoms with Gasteiger partial charge in [-0.05, 0) is 24.1 Å². The Morgan fingerprint density at radius 2 is 1.56 bits per heavy atom. The smallest absolute Gasteiger partial charge is 0.205 e. The summed E-state index contributed by atoms with van der Waals surface area (Å²) in [4.78, 5) is 9.95. The molecule has 5 heteroatoms. The minimum atomic E-state index is 0.0788. The SMILES string of the molecule is [NH3+]C1(c2ccc(-c3nc4cnc(-c5c[nH][n+](Cc6ccccc6)c5)cc4cc3-c3ccccc3)cc2)CCC1. The predicted octanol–water partition coefficient (Wildman–Crippen LogP) is 5.92. The summed E-state index contributed by atoms with van der Waals surface area (Å²) < 4.78 is 2.08. The van der Waals surface area contributed by atoms with Crippen LogP contribution in [-0.2, 0) is 12.1 Å². The number of fused-ring (bicyclic) bond motifs is 1. The quantitative estimate of drug-likeness (QED) is 0.274. The van der Waals surface area contributed by atoms with Crippen molar-refractivity contribution >= 4 is 10.9 Å². The molecule has 6 aromatic rings. The van der Waals surface area contributed by atoms with Crippen LogP contribution in [0.1, 0.15) is 30.4 Å². The summed E-state index contributed by atoms with van der Waals surface area (Å²) in [6.45, 7) is 0.783. The Labute approximate surface area is 228 Å². The maximum atomic E-state index is 5.15. The maximum absolute atomic E-state index is 5.15. The summed E-state index contributed by atoms with van der Waals surface area (Å²) in [5.41, 5.74) is 14.3. The second-order valence-electron chi connectivity index (χ2n) is 10.7. The van der Waals surface area contributed by atoms with E-state index in [2.05, 4.69) is 113 Å². The van der Waals surface area contributed by atoms with Crippen LogP contribution in [-0.4, -0.2) is 15.1 Å². The van der Waals surface area contributed by atoms with Crippen LogP contribution in [0.2, 0.25) is 0 Å². The van der Waals surface area contributed by atoms with E-state index in [9.17, 15) is 0 Å². The van der Waals surface area contributed by atoms with Crippen molar-refractivity contribution in [2.75, 3.05) is 0 Å². The number of pyridine rings is 2. The van der Waals surface area contributed by atoms with E-state index in [1.807, 2.05) is 18.5 Å². The first-order valence-electron chi connectivity index (χ1n) is 13.6. The highest BCUT2D eigenvalue weighted by molar-refractivity contribution is 5.92. The first kappa shape index (κ1) is 23.5. The van der Waals surface area contributed by atoms with Gasteiger partial charge in [-0.25, -0.2) is 4.98 Å². The molecule has 0 amide bonds. The number of quaternary nitrogens is 1. The van der Waals surface area contributed by atoms with Gasteiger partial charge in [-0.15, -0.1) is 4.68 Å². The number of nitrogens with one attached hydrogen (secondary N) is 1. The highest BCUT2D eigenvalue weighted by atomic mass is 15.3. The molecule has 4 N–H and O–H groups in total. The Morgan fingerprint density at radius 1 is 0.821 bits per heavy atom. The Morgan fingerprint density at radius 3 is 2.28 bits per heavy atom. The van der Waals surface area contributed by atoms with Gasteiger partial charge in [-0.2, -0.15) is 5.10 Å². The number of aromatic nitrogens is 4. The molecule has 5 nitrogen and oxygen atoms in total. The largest absolute Gasteiger partial charge is 0.349 e. The van der Waals surface area contributed by atoms with Gasteiger partial charge in [-0.3, -0.25) is 4.98 Å². The van der Waals surface area contributed by atoms with Crippen LogP contribution >= 0.6 is 0 Å². The fourth-order valence-corrected chi connectivity index (χ4v) is 5.57. The van der Waals surface area contributed by atoms with Crippen molar-refractivity contribution in [3.63, 3.8) is 0 Å². The van der Waals surface area contributed by atoms with E-state index >= 15 is 0 Å². The summed E-state index contributed by atoms with van der Waals surface area (Å²) in [5.74, 6) is 0. The van der Waals surface area contributed by atoms with E-state index in [1.165, 1.54) is 17.5 Å². The van der Waals surface area contributed by atoms with Gasteiger partial charge in [0.1, 0.15) is 5.54 Å². The van der Waals surface area contributed by atoms with Crippen LogP contribution < -0.4 is 10.4 Å². The average Bonchev–Trinajstić information content (AvgIpc) is 3.44. The van der Waals surface area contributed by atoms with Gasteiger partial charge in [0, 0.05) is 40.5 Å². The van der Waals surface area contributed by atoms with E-state index in [4.69, 9.17) is 9.97 Å².